The van der Waals surface area contributed by atoms with Gasteiger partial charge in [-0.1, -0.05) is 0 Å². The number of methoxy groups -OCH3 is 1. The van der Waals surface area contributed by atoms with Crippen molar-refractivity contribution in [2.75, 3.05) is 24.4 Å². The SMILES string of the molecule is COC(=O)N(C)c1ccc(NC(=O)c2cc3c(C)nn(-c4ccc(F)cc4)c3s2)cc1. The molecule has 4 rings (SSSR count). The van der Waals surface area contributed by atoms with Crippen LogP contribution in [0.1, 0.15) is 15.4 Å². The Bertz CT molecular complexity index is 1260. The Labute approximate surface area is 181 Å². The monoisotopic (exact) mass is 438 g/mol. The van der Waals surface area contributed by atoms with Gasteiger partial charge in [-0.2, -0.15) is 5.10 Å². The molecular formula is C22H19FN4O3S. The van der Waals surface area contributed by atoms with E-state index in [1.807, 2.05) is 6.92 Å². The first kappa shape index (κ1) is 20.5. The zero-order chi connectivity index (χ0) is 22.1. The number of nitrogens with zero attached hydrogens (tertiary/aromatic N) is 3. The molecule has 0 saturated carbocycles. The van der Waals surface area contributed by atoms with Crippen molar-refractivity contribution in [2.24, 2.45) is 0 Å². The summed E-state index contributed by atoms with van der Waals surface area (Å²) in [6.07, 6.45) is -0.479. The molecule has 0 aliphatic carbocycles. The van der Waals surface area contributed by atoms with Gasteiger partial charge >= 0.3 is 6.09 Å². The van der Waals surface area contributed by atoms with Gasteiger partial charge < -0.3 is 10.1 Å². The number of hydrogen-bond donors (Lipinski definition) is 1. The van der Waals surface area contributed by atoms with E-state index in [9.17, 15) is 14.0 Å². The number of thiophene rings is 1. The molecule has 9 heteroatoms. The van der Waals surface area contributed by atoms with Crippen molar-refractivity contribution in [1.29, 1.82) is 0 Å². The van der Waals surface area contributed by atoms with Gasteiger partial charge in [0.2, 0.25) is 0 Å². The topological polar surface area (TPSA) is 76.5 Å². The quantitative estimate of drug-likeness (QED) is 0.487. The lowest BCUT2D eigenvalue weighted by Gasteiger charge is -2.15. The fourth-order valence-corrected chi connectivity index (χ4v) is 4.20. The molecule has 158 valence electrons. The summed E-state index contributed by atoms with van der Waals surface area (Å²) in [4.78, 5) is 27.1. The minimum atomic E-state index is -0.479. The number of anilines is 2. The van der Waals surface area contributed by atoms with Gasteiger partial charge in [0.05, 0.1) is 23.4 Å². The van der Waals surface area contributed by atoms with Gasteiger partial charge in [-0.25, -0.2) is 13.9 Å². The zero-order valence-electron chi connectivity index (χ0n) is 17.0. The summed E-state index contributed by atoms with van der Waals surface area (Å²) >= 11 is 1.31. The van der Waals surface area contributed by atoms with Crippen LogP contribution in [0.15, 0.2) is 54.6 Å². The van der Waals surface area contributed by atoms with Crippen LogP contribution >= 0.6 is 11.3 Å². The minimum absolute atomic E-state index is 0.250. The number of nitrogens with one attached hydrogen (secondary N) is 1. The number of amides is 2. The van der Waals surface area contributed by atoms with Crippen LogP contribution in [0.5, 0.6) is 0 Å². The average molecular weight is 438 g/mol. The van der Waals surface area contributed by atoms with E-state index in [0.717, 1.165) is 21.6 Å². The Morgan fingerprint density at radius 3 is 2.45 bits per heavy atom. The molecule has 2 amide bonds. The van der Waals surface area contributed by atoms with E-state index in [1.54, 1.807) is 54.2 Å². The summed E-state index contributed by atoms with van der Waals surface area (Å²) in [5.74, 6) is -0.570. The maximum atomic E-state index is 13.3. The second-order valence-electron chi connectivity index (χ2n) is 6.83. The standard InChI is InChI=1S/C22H19FN4O3S/c1-13-18-12-19(31-21(18)27(25-13)17-8-4-14(23)5-9-17)20(28)24-15-6-10-16(11-7-15)26(2)22(29)30-3/h4-12H,1-3H3,(H,24,28). The molecule has 0 radical (unpaired) electrons. The number of carbonyl (C=O) groups is 2. The van der Waals surface area contributed by atoms with E-state index < -0.39 is 6.09 Å². The number of aryl methyl sites for hydroxylation is 1. The summed E-state index contributed by atoms with van der Waals surface area (Å²) < 4.78 is 19.7. The van der Waals surface area contributed by atoms with Crippen molar-refractivity contribution in [2.45, 2.75) is 6.92 Å². The first-order chi connectivity index (χ1) is 14.9. The molecule has 0 aliphatic rings. The minimum Gasteiger partial charge on any atom is -0.452 e. The maximum absolute atomic E-state index is 13.3. The number of benzene rings is 2. The first-order valence-electron chi connectivity index (χ1n) is 9.35. The largest absolute Gasteiger partial charge is 0.452 e. The zero-order valence-corrected chi connectivity index (χ0v) is 17.9. The van der Waals surface area contributed by atoms with Gasteiger partial charge in [-0.05, 0) is 61.5 Å². The fourth-order valence-electron chi connectivity index (χ4n) is 3.12. The van der Waals surface area contributed by atoms with Crippen molar-refractivity contribution in [3.8, 4) is 5.69 Å². The van der Waals surface area contributed by atoms with Crippen LogP contribution in [0.2, 0.25) is 0 Å². The van der Waals surface area contributed by atoms with Crippen LogP contribution in [0.25, 0.3) is 15.9 Å². The molecule has 0 atom stereocenters. The lowest BCUT2D eigenvalue weighted by atomic mass is 10.2. The number of halogens is 1. The maximum Gasteiger partial charge on any atom is 0.413 e. The van der Waals surface area contributed by atoms with Gasteiger partial charge in [0.15, 0.2) is 0 Å². The van der Waals surface area contributed by atoms with Crippen molar-refractivity contribution >= 4 is 44.9 Å². The van der Waals surface area contributed by atoms with Crippen molar-refractivity contribution in [3.63, 3.8) is 0 Å². The van der Waals surface area contributed by atoms with Gasteiger partial charge in [0.1, 0.15) is 10.6 Å². The summed E-state index contributed by atoms with van der Waals surface area (Å²) in [7, 11) is 2.92. The molecule has 7 nitrogen and oxygen atoms in total. The normalized spacial score (nSPS) is 10.8. The van der Waals surface area contributed by atoms with Crippen LogP contribution in [-0.2, 0) is 4.74 Å². The highest BCUT2D eigenvalue weighted by Gasteiger charge is 2.18. The van der Waals surface area contributed by atoms with Crippen LogP contribution < -0.4 is 10.2 Å². The summed E-state index contributed by atoms with van der Waals surface area (Å²) in [6, 6.07) is 14.7. The van der Waals surface area contributed by atoms with Gasteiger partial charge in [-0.15, -0.1) is 11.3 Å². The van der Waals surface area contributed by atoms with Gasteiger partial charge in [-0.3, -0.25) is 9.69 Å². The van der Waals surface area contributed by atoms with Crippen molar-refractivity contribution in [1.82, 2.24) is 9.78 Å². The molecule has 0 bridgehead atoms. The van der Waals surface area contributed by atoms with E-state index in [2.05, 4.69) is 10.4 Å². The predicted octanol–water partition coefficient (Wildman–Crippen LogP) is 4.99. The Balaban J connectivity index is 1.56. The molecule has 2 heterocycles. The average Bonchev–Trinajstić information content (AvgIpc) is 3.34. The van der Waals surface area contributed by atoms with E-state index in [4.69, 9.17) is 4.74 Å². The second kappa shape index (κ2) is 8.19. The van der Waals surface area contributed by atoms with Crippen LogP contribution in [0, 0.1) is 12.7 Å². The number of ether oxygens (including phenoxy) is 1. The van der Waals surface area contributed by atoms with Gasteiger partial charge in [0.25, 0.3) is 5.91 Å². The van der Waals surface area contributed by atoms with Crippen LogP contribution in [0.3, 0.4) is 0 Å². The van der Waals surface area contributed by atoms with Crippen molar-refractivity contribution < 1.29 is 18.7 Å². The number of aromatic nitrogens is 2. The molecule has 31 heavy (non-hydrogen) atoms. The van der Waals surface area contributed by atoms with Crippen LogP contribution in [-0.4, -0.2) is 35.9 Å². The smallest absolute Gasteiger partial charge is 0.413 e. The molecule has 1 N–H and O–H groups in total. The molecular weight excluding hydrogens is 419 g/mol. The highest BCUT2D eigenvalue weighted by Crippen LogP contribution is 2.31. The number of carbonyl (C=O) groups excluding carboxylic acids is 2. The summed E-state index contributed by atoms with van der Waals surface area (Å²) in [5.41, 5.74) is 2.74. The predicted molar refractivity (Wildman–Crippen MR) is 119 cm³/mol. The molecule has 0 aliphatic heterocycles. The second-order valence-corrected chi connectivity index (χ2v) is 7.86. The van der Waals surface area contributed by atoms with E-state index >= 15 is 0 Å². The lowest BCUT2D eigenvalue weighted by molar-refractivity contribution is 0.103. The molecule has 0 fully saturated rings. The van der Waals surface area contributed by atoms with E-state index in [1.165, 1.54) is 35.5 Å². The Morgan fingerprint density at radius 1 is 1.13 bits per heavy atom. The third-order valence-corrected chi connectivity index (χ3v) is 5.91. The molecule has 0 unspecified atom stereocenters. The molecule has 0 saturated heterocycles. The Morgan fingerprint density at radius 2 is 1.81 bits per heavy atom. The number of hydrogen-bond acceptors (Lipinski definition) is 5. The lowest BCUT2D eigenvalue weighted by Crippen LogP contribution is -2.25. The molecule has 4 aromatic rings. The number of rotatable bonds is 4. The number of fused-ring (bicyclic) bond motifs is 1. The van der Waals surface area contributed by atoms with Crippen molar-refractivity contribution in [3.05, 3.63) is 71.0 Å². The highest BCUT2D eigenvalue weighted by atomic mass is 32.1. The van der Waals surface area contributed by atoms with E-state index in [-0.39, 0.29) is 11.7 Å². The first-order valence-corrected chi connectivity index (χ1v) is 10.2. The van der Waals surface area contributed by atoms with Crippen LogP contribution in [0.4, 0.5) is 20.6 Å². The molecule has 2 aromatic carbocycles. The fraction of sp³-hybridized carbons (Fsp3) is 0.136. The third-order valence-electron chi connectivity index (χ3n) is 4.80. The summed E-state index contributed by atoms with van der Waals surface area (Å²) in [5, 5.41) is 8.24. The Hall–Kier alpha value is -3.72. The molecule has 2 aromatic heterocycles. The van der Waals surface area contributed by atoms with Gasteiger partial charge in [0, 0.05) is 23.8 Å². The Kier molecular flexibility index (Phi) is 5.43. The highest BCUT2D eigenvalue weighted by molar-refractivity contribution is 7.20. The molecule has 0 spiro atoms. The summed E-state index contributed by atoms with van der Waals surface area (Å²) in [6.45, 7) is 1.87. The third kappa shape index (κ3) is 3.99. The van der Waals surface area contributed by atoms with E-state index in [0.29, 0.717) is 16.3 Å².